The van der Waals surface area contributed by atoms with E-state index in [1.807, 2.05) is 62.9 Å². The summed E-state index contributed by atoms with van der Waals surface area (Å²) in [6.45, 7) is 0. The van der Waals surface area contributed by atoms with E-state index >= 15 is 0 Å². The normalized spacial score (nSPS) is 20.2. The summed E-state index contributed by atoms with van der Waals surface area (Å²) in [5.41, 5.74) is 4.25. The zero-order valence-corrected chi connectivity index (χ0v) is 17.4. The van der Waals surface area contributed by atoms with Gasteiger partial charge in [-0.1, -0.05) is 37.1 Å². The fraction of sp³-hybridized carbons (Fsp3) is 0.333. The van der Waals surface area contributed by atoms with Crippen LogP contribution in [0.1, 0.15) is 37.3 Å². The molecular weight excluding hydrogens is 372 g/mol. The molecule has 0 unspecified atom stereocenters. The summed E-state index contributed by atoms with van der Waals surface area (Å²) in [4.78, 5) is 19.3. The van der Waals surface area contributed by atoms with Crippen LogP contribution in [0, 0.1) is 0 Å². The van der Waals surface area contributed by atoms with Gasteiger partial charge in [-0.2, -0.15) is 0 Å². The number of aromatic nitrogens is 4. The van der Waals surface area contributed by atoms with Crippen molar-refractivity contribution in [2.45, 2.75) is 37.8 Å². The van der Waals surface area contributed by atoms with Crippen LogP contribution in [0.2, 0.25) is 0 Å². The molecular formula is C24H26N6. The summed E-state index contributed by atoms with van der Waals surface area (Å²) in [7, 11) is 4.08. The van der Waals surface area contributed by atoms with E-state index in [1.54, 1.807) is 0 Å². The Morgan fingerprint density at radius 2 is 1.17 bits per heavy atom. The molecule has 0 radical (unpaired) electrons. The molecule has 1 saturated carbocycles. The first kappa shape index (κ1) is 18.7. The molecule has 2 heterocycles. The van der Waals surface area contributed by atoms with E-state index in [4.69, 9.17) is 20.0 Å². The van der Waals surface area contributed by atoms with Gasteiger partial charge in [-0.15, -0.1) is 0 Å². The monoisotopic (exact) mass is 398 g/mol. The molecule has 30 heavy (non-hydrogen) atoms. The molecule has 0 spiro atoms. The maximum atomic E-state index is 4.92. The predicted molar refractivity (Wildman–Crippen MR) is 123 cm³/mol. The van der Waals surface area contributed by atoms with Gasteiger partial charge in [0.05, 0.1) is 46.6 Å². The minimum absolute atomic E-state index is 0.185. The van der Waals surface area contributed by atoms with Gasteiger partial charge in [0.25, 0.3) is 0 Å². The first-order chi connectivity index (χ1) is 14.7. The number of imidazole rings is 2. The highest BCUT2D eigenvalue weighted by Crippen LogP contribution is 2.24. The third-order valence-electron chi connectivity index (χ3n) is 6.10. The Kier molecular flexibility index (Phi) is 4.91. The highest BCUT2D eigenvalue weighted by molar-refractivity contribution is 5.86. The summed E-state index contributed by atoms with van der Waals surface area (Å²) in [5, 5.41) is 0. The Morgan fingerprint density at radius 1 is 0.733 bits per heavy atom. The Hall–Kier alpha value is -3.28. The quantitative estimate of drug-likeness (QED) is 0.481. The van der Waals surface area contributed by atoms with Crippen LogP contribution in [0.3, 0.4) is 0 Å². The van der Waals surface area contributed by atoms with Gasteiger partial charge in [0.15, 0.2) is 11.6 Å². The molecule has 1 fully saturated rings. The van der Waals surface area contributed by atoms with E-state index in [-0.39, 0.29) is 12.1 Å². The van der Waals surface area contributed by atoms with E-state index in [0.29, 0.717) is 0 Å². The number of para-hydroxylation sites is 4. The number of rotatable bonds is 4. The van der Waals surface area contributed by atoms with Crippen molar-refractivity contribution in [3.05, 3.63) is 60.2 Å². The van der Waals surface area contributed by atoms with E-state index < -0.39 is 0 Å². The molecule has 2 atom stereocenters. The highest BCUT2D eigenvalue weighted by atomic mass is 15.1. The van der Waals surface area contributed by atoms with Crippen molar-refractivity contribution in [2.75, 3.05) is 0 Å². The van der Waals surface area contributed by atoms with E-state index in [0.717, 1.165) is 46.6 Å². The topological polar surface area (TPSA) is 60.4 Å². The molecule has 6 heteroatoms. The maximum absolute atomic E-state index is 4.92. The largest absolute Gasteiger partial charge is 0.326 e. The number of aryl methyl sites for hydroxylation is 2. The van der Waals surface area contributed by atoms with E-state index in [1.165, 1.54) is 12.8 Å². The second kappa shape index (κ2) is 7.86. The average Bonchev–Trinajstić information content (AvgIpc) is 3.28. The highest BCUT2D eigenvalue weighted by Gasteiger charge is 2.23. The van der Waals surface area contributed by atoms with Gasteiger partial charge in [0.1, 0.15) is 0 Å². The Balaban J connectivity index is 1.38. The van der Waals surface area contributed by atoms with Crippen molar-refractivity contribution in [3.8, 4) is 0 Å². The lowest BCUT2D eigenvalue weighted by Gasteiger charge is -2.25. The zero-order chi connectivity index (χ0) is 20.5. The molecule has 1 aliphatic carbocycles. The van der Waals surface area contributed by atoms with Crippen molar-refractivity contribution in [3.63, 3.8) is 0 Å². The summed E-state index contributed by atoms with van der Waals surface area (Å²) in [5.74, 6) is 1.78. The van der Waals surface area contributed by atoms with Crippen molar-refractivity contribution >= 4 is 34.5 Å². The Labute approximate surface area is 176 Å². The first-order valence-electron chi connectivity index (χ1n) is 10.6. The van der Waals surface area contributed by atoms with Crippen LogP contribution in [0.15, 0.2) is 58.5 Å². The fourth-order valence-electron chi connectivity index (χ4n) is 4.32. The lowest BCUT2D eigenvalue weighted by Crippen LogP contribution is -2.27. The smallest absolute Gasteiger partial charge is 0.151 e. The molecule has 5 rings (SSSR count). The van der Waals surface area contributed by atoms with Gasteiger partial charge >= 0.3 is 0 Å². The molecule has 2 aromatic carbocycles. The Bertz CT molecular complexity index is 1150. The van der Waals surface area contributed by atoms with E-state index in [2.05, 4.69) is 21.3 Å². The standard InChI is InChI=1S/C24H26N6/c1-29-21-13-7-5-11-19(21)27-23(29)15-25-17-9-3-4-10-18(17)26-16-24-28-20-12-6-8-14-22(20)30(24)2/h5-8,11-18H,3-4,9-10H2,1-2H3/t17-,18+. The van der Waals surface area contributed by atoms with E-state index in [9.17, 15) is 0 Å². The SMILES string of the molecule is Cn1c(C=N[C@H]2CCCC[C@H]2N=Cc2nc3ccccc3n2C)nc2ccccc21. The third-order valence-corrected chi connectivity index (χ3v) is 6.10. The zero-order valence-electron chi connectivity index (χ0n) is 17.4. The van der Waals surface area contributed by atoms with Crippen LogP contribution >= 0.6 is 0 Å². The summed E-state index contributed by atoms with van der Waals surface area (Å²) < 4.78 is 4.19. The van der Waals surface area contributed by atoms with Crippen molar-refractivity contribution in [1.29, 1.82) is 0 Å². The van der Waals surface area contributed by atoms with Crippen LogP contribution in [0.25, 0.3) is 22.1 Å². The molecule has 4 aromatic rings. The lowest BCUT2D eigenvalue weighted by molar-refractivity contribution is 0.390. The summed E-state index contributed by atoms with van der Waals surface area (Å²) in [6, 6.07) is 16.7. The minimum Gasteiger partial charge on any atom is -0.326 e. The van der Waals surface area contributed by atoms with Crippen LogP contribution in [0.5, 0.6) is 0 Å². The molecule has 6 nitrogen and oxygen atoms in total. The first-order valence-corrected chi connectivity index (χ1v) is 10.6. The molecule has 0 amide bonds. The number of nitrogens with zero attached hydrogens (tertiary/aromatic N) is 6. The molecule has 0 N–H and O–H groups in total. The predicted octanol–water partition coefficient (Wildman–Crippen LogP) is 4.31. The van der Waals surface area contributed by atoms with Crippen LogP contribution in [-0.2, 0) is 14.1 Å². The minimum atomic E-state index is 0.185. The average molecular weight is 399 g/mol. The number of fused-ring (bicyclic) bond motifs is 2. The van der Waals surface area contributed by atoms with Gasteiger partial charge in [-0.25, -0.2) is 9.97 Å². The van der Waals surface area contributed by atoms with Crippen molar-refractivity contribution in [2.24, 2.45) is 24.1 Å². The molecule has 152 valence electrons. The van der Waals surface area contributed by atoms with Crippen LogP contribution < -0.4 is 0 Å². The van der Waals surface area contributed by atoms with Gasteiger partial charge in [0.2, 0.25) is 0 Å². The fourth-order valence-corrected chi connectivity index (χ4v) is 4.32. The Morgan fingerprint density at radius 3 is 1.60 bits per heavy atom. The number of hydrogen-bond acceptors (Lipinski definition) is 4. The molecule has 0 saturated heterocycles. The van der Waals surface area contributed by atoms with Crippen LogP contribution in [-0.4, -0.2) is 43.6 Å². The number of benzene rings is 2. The van der Waals surface area contributed by atoms with Gasteiger partial charge in [-0.3, -0.25) is 9.98 Å². The summed E-state index contributed by atoms with van der Waals surface area (Å²) in [6.07, 6.45) is 8.36. The second-order valence-electron chi connectivity index (χ2n) is 8.01. The lowest BCUT2D eigenvalue weighted by atomic mass is 9.91. The molecule has 2 aromatic heterocycles. The second-order valence-corrected chi connectivity index (χ2v) is 8.01. The van der Waals surface area contributed by atoms with Gasteiger partial charge in [0, 0.05) is 14.1 Å². The third kappa shape index (κ3) is 3.43. The number of hydrogen-bond donors (Lipinski definition) is 0. The maximum Gasteiger partial charge on any atom is 0.151 e. The molecule has 0 bridgehead atoms. The van der Waals surface area contributed by atoms with Crippen molar-refractivity contribution in [1.82, 2.24) is 19.1 Å². The van der Waals surface area contributed by atoms with Gasteiger partial charge < -0.3 is 9.13 Å². The number of aliphatic imine (C=N–C) groups is 2. The summed E-state index contributed by atoms with van der Waals surface area (Å²) >= 11 is 0. The molecule has 1 aliphatic rings. The van der Waals surface area contributed by atoms with Crippen LogP contribution in [0.4, 0.5) is 0 Å². The van der Waals surface area contributed by atoms with Crippen molar-refractivity contribution < 1.29 is 0 Å². The molecule has 0 aliphatic heterocycles. The van der Waals surface area contributed by atoms with Gasteiger partial charge in [-0.05, 0) is 37.1 Å².